The number of rotatable bonds is 1. The summed E-state index contributed by atoms with van der Waals surface area (Å²) < 4.78 is 5.29. The van der Waals surface area contributed by atoms with E-state index in [0.29, 0.717) is 5.56 Å². The summed E-state index contributed by atoms with van der Waals surface area (Å²) in [6.45, 7) is 0. The average molecular weight is 345 g/mol. The van der Waals surface area contributed by atoms with Gasteiger partial charge in [-0.2, -0.15) is 0 Å². The first-order valence-corrected chi connectivity index (χ1v) is 5.83. The average Bonchev–Trinajstić information content (AvgIpc) is 2.39. The van der Waals surface area contributed by atoms with E-state index in [0.717, 1.165) is 6.07 Å². The Balaban J connectivity index is 0.00000161. The molecule has 0 unspecified atom stereocenters. The van der Waals surface area contributed by atoms with Gasteiger partial charge in [-0.1, -0.05) is 12.1 Å². The summed E-state index contributed by atoms with van der Waals surface area (Å²) in [6, 6.07) is 8.40. The topological polar surface area (TPSA) is 154 Å². The van der Waals surface area contributed by atoms with Crippen molar-refractivity contribution in [2.45, 2.75) is 0 Å². The summed E-state index contributed by atoms with van der Waals surface area (Å²) in [5.41, 5.74) is 0.522. The van der Waals surface area contributed by atoms with E-state index in [4.69, 9.17) is 4.42 Å². The van der Waals surface area contributed by atoms with Crippen molar-refractivity contribution in [1.29, 1.82) is 0 Å². The van der Waals surface area contributed by atoms with Gasteiger partial charge in [-0.05, 0) is 17.7 Å². The van der Waals surface area contributed by atoms with Crippen LogP contribution in [-0.2, 0) is 0 Å². The normalized spacial score (nSPS) is 9.39. The SMILES string of the molecule is O.O.O=c1c(-c2ccc(O)cc2)coc2cc(O)cc(O)c12.[K+]. The van der Waals surface area contributed by atoms with Crippen molar-refractivity contribution in [2.24, 2.45) is 0 Å². The largest absolute Gasteiger partial charge is 1.00 e. The maximum absolute atomic E-state index is 12.4. The second-order valence-electron chi connectivity index (χ2n) is 4.36. The second-order valence-corrected chi connectivity index (χ2v) is 4.36. The zero-order valence-corrected chi connectivity index (χ0v) is 15.3. The van der Waals surface area contributed by atoms with Crippen molar-refractivity contribution in [1.82, 2.24) is 0 Å². The first-order chi connectivity index (χ1) is 9.56. The van der Waals surface area contributed by atoms with Crippen LogP contribution in [0.3, 0.4) is 0 Å². The van der Waals surface area contributed by atoms with Crippen LogP contribution in [0.15, 0.2) is 51.9 Å². The van der Waals surface area contributed by atoms with Crippen molar-refractivity contribution in [3.8, 4) is 28.4 Å². The predicted molar refractivity (Wildman–Crippen MR) is 80.1 cm³/mol. The fourth-order valence-corrected chi connectivity index (χ4v) is 2.06. The minimum absolute atomic E-state index is 0. The summed E-state index contributed by atoms with van der Waals surface area (Å²) in [5.74, 6) is -0.434. The van der Waals surface area contributed by atoms with E-state index in [1.165, 1.54) is 24.5 Å². The van der Waals surface area contributed by atoms with Crippen LogP contribution < -0.4 is 56.8 Å². The van der Waals surface area contributed by atoms with Gasteiger partial charge in [0.1, 0.15) is 34.5 Å². The van der Waals surface area contributed by atoms with E-state index < -0.39 is 5.43 Å². The molecule has 7 nitrogen and oxygen atoms in total. The van der Waals surface area contributed by atoms with Gasteiger partial charge in [0.05, 0.1) is 5.56 Å². The zero-order valence-electron chi connectivity index (χ0n) is 12.2. The summed E-state index contributed by atoms with van der Waals surface area (Å²) in [4.78, 5) is 12.4. The second kappa shape index (κ2) is 8.46. The summed E-state index contributed by atoms with van der Waals surface area (Å²) >= 11 is 0. The van der Waals surface area contributed by atoms with Gasteiger partial charge in [0.25, 0.3) is 0 Å². The number of hydrogen-bond acceptors (Lipinski definition) is 5. The maximum atomic E-state index is 12.4. The summed E-state index contributed by atoms with van der Waals surface area (Å²) in [5, 5.41) is 28.4. The monoisotopic (exact) mass is 345 g/mol. The van der Waals surface area contributed by atoms with Crippen LogP contribution in [0.25, 0.3) is 22.1 Å². The molecule has 0 aliphatic carbocycles. The molecule has 0 saturated heterocycles. The quantitative estimate of drug-likeness (QED) is 0.432. The van der Waals surface area contributed by atoms with Crippen LogP contribution in [0.1, 0.15) is 0 Å². The van der Waals surface area contributed by atoms with Crippen molar-refractivity contribution in [2.75, 3.05) is 0 Å². The Hall–Kier alpha value is -1.39. The van der Waals surface area contributed by atoms with Gasteiger partial charge in [-0.15, -0.1) is 0 Å². The Morgan fingerprint density at radius 1 is 0.870 bits per heavy atom. The van der Waals surface area contributed by atoms with Gasteiger partial charge in [0, 0.05) is 12.1 Å². The standard InChI is InChI=1S/C15H10O5.K.2H2O/c16-9-3-1-8(2-4-9)11-7-20-13-6-10(17)5-12(18)14(13)15(11)19;;;/h1-7,16-18H;;2*1H2/q;+1;;. The third kappa shape index (κ3) is 4.12. The molecule has 23 heavy (non-hydrogen) atoms. The van der Waals surface area contributed by atoms with Gasteiger partial charge >= 0.3 is 51.4 Å². The molecule has 0 aliphatic heterocycles. The number of aromatic hydroxyl groups is 3. The Labute approximate surface area is 172 Å². The third-order valence-electron chi connectivity index (χ3n) is 3.02. The van der Waals surface area contributed by atoms with Crippen LogP contribution in [0.4, 0.5) is 0 Å². The maximum Gasteiger partial charge on any atom is 1.00 e. The van der Waals surface area contributed by atoms with Gasteiger partial charge in [-0.3, -0.25) is 4.79 Å². The third-order valence-corrected chi connectivity index (χ3v) is 3.02. The molecule has 2 aromatic carbocycles. The molecule has 116 valence electrons. The Kier molecular flexibility index (Phi) is 7.94. The molecule has 0 radical (unpaired) electrons. The van der Waals surface area contributed by atoms with Crippen LogP contribution in [-0.4, -0.2) is 26.3 Å². The Morgan fingerprint density at radius 2 is 1.48 bits per heavy atom. The minimum Gasteiger partial charge on any atom is -0.508 e. The molecular weight excluding hydrogens is 331 g/mol. The molecule has 0 fully saturated rings. The molecular formula is C15H14KO7+. The molecule has 0 spiro atoms. The van der Waals surface area contributed by atoms with E-state index in [-0.39, 0.29) is 96.1 Å². The first kappa shape index (κ1) is 21.6. The van der Waals surface area contributed by atoms with E-state index in [1.807, 2.05) is 0 Å². The van der Waals surface area contributed by atoms with E-state index in [1.54, 1.807) is 12.1 Å². The van der Waals surface area contributed by atoms with Crippen LogP contribution >= 0.6 is 0 Å². The molecule has 1 heterocycles. The van der Waals surface area contributed by atoms with Gasteiger partial charge < -0.3 is 30.7 Å². The molecule has 0 amide bonds. The molecule has 7 N–H and O–H groups in total. The van der Waals surface area contributed by atoms with E-state index in [9.17, 15) is 20.1 Å². The van der Waals surface area contributed by atoms with Crippen LogP contribution in [0, 0.1) is 0 Å². The molecule has 0 bridgehead atoms. The molecule has 8 heteroatoms. The Bertz CT molecular complexity index is 856. The molecule has 3 aromatic rings. The molecule has 0 aliphatic rings. The summed E-state index contributed by atoms with van der Waals surface area (Å²) in [7, 11) is 0. The van der Waals surface area contributed by atoms with Crippen molar-refractivity contribution in [3.63, 3.8) is 0 Å². The van der Waals surface area contributed by atoms with Crippen molar-refractivity contribution >= 4 is 11.0 Å². The molecule has 0 saturated carbocycles. The summed E-state index contributed by atoms with van der Waals surface area (Å²) in [6.07, 6.45) is 1.26. The first-order valence-electron chi connectivity index (χ1n) is 5.83. The van der Waals surface area contributed by atoms with Crippen molar-refractivity contribution in [3.05, 3.63) is 52.9 Å². The number of hydrogen-bond donors (Lipinski definition) is 3. The molecule has 0 atom stereocenters. The van der Waals surface area contributed by atoms with E-state index in [2.05, 4.69) is 0 Å². The fourth-order valence-electron chi connectivity index (χ4n) is 2.06. The number of phenols is 3. The number of phenolic OH excluding ortho intramolecular Hbond substituents is 3. The van der Waals surface area contributed by atoms with E-state index >= 15 is 0 Å². The van der Waals surface area contributed by atoms with Crippen LogP contribution in [0.5, 0.6) is 17.2 Å². The number of fused-ring (bicyclic) bond motifs is 1. The number of benzene rings is 2. The Morgan fingerprint density at radius 3 is 2.09 bits per heavy atom. The fraction of sp³-hybridized carbons (Fsp3) is 0. The molecule has 1 aromatic heterocycles. The van der Waals surface area contributed by atoms with Crippen LogP contribution in [0.2, 0.25) is 0 Å². The van der Waals surface area contributed by atoms with Crippen molar-refractivity contribution < 1.29 is 82.1 Å². The van der Waals surface area contributed by atoms with Gasteiger partial charge in [0.2, 0.25) is 5.43 Å². The molecule has 3 rings (SSSR count). The smallest absolute Gasteiger partial charge is 0.508 e. The minimum atomic E-state index is -0.408. The predicted octanol–water partition coefficient (Wildman–Crippen LogP) is -2.07. The van der Waals surface area contributed by atoms with Gasteiger partial charge in [0.15, 0.2) is 0 Å². The zero-order chi connectivity index (χ0) is 14.3. The van der Waals surface area contributed by atoms with Gasteiger partial charge in [-0.25, -0.2) is 0 Å².